The highest BCUT2D eigenvalue weighted by Crippen LogP contribution is 2.26. The van der Waals surface area contributed by atoms with E-state index in [0.717, 1.165) is 16.5 Å². The summed E-state index contributed by atoms with van der Waals surface area (Å²) in [7, 11) is 1.98. The van der Waals surface area contributed by atoms with Gasteiger partial charge in [0.1, 0.15) is 0 Å². The standard InChI is InChI=1S/C12H16N2O/c1-8-3-4-9-10(12(15)6-13)7-14(2)11(9)5-8/h3-5,7,12,15H,6,13H2,1-2H3. The van der Waals surface area contributed by atoms with E-state index in [9.17, 15) is 5.11 Å². The first-order valence-electron chi connectivity index (χ1n) is 5.07. The zero-order valence-corrected chi connectivity index (χ0v) is 9.07. The number of hydrogen-bond acceptors (Lipinski definition) is 2. The van der Waals surface area contributed by atoms with Crippen molar-refractivity contribution in [1.82, 2.24) is 4.57 Å². The van der Waals surface area contributed by atoms with Crippen LogP contribution in [0.2, 0.25) is 0 Å². The maximum atomic E-state index is 9.77. The minimum absolute atomic E-state index is 0.257. The molecule has 0 bridgehead atoms. The Balaban J connectivity index is 2.68. The van der Waals surface area contributed by atoms with E-state index in [-0.39, 0.29) is 6.54 Å². The summed E-state index contributed by atoms with van der Waals surface area (Å²) in [5, 5.41) is 10.9. The Morgan fingerprint density at radius 1 is 1.47 bits per heavy atom. The van der Waals surface area contributed by atoms with Crippen LogP contribution in [0.1, 0.15) is 17.2 Å². The van der Waals surface area contributed by atoms with Gasteiger partial charge < -0.3 is 15.4 Å². The number of nitrogens with zero attached hydrogens (tertiary/aromatic N) is 1. The highest BCUT2D eigenvalue weighted by Gasteiger charge is 2.12. The Morgan fingerprint density at radius 3 is 2.87 bits per heavy atom. The molecule has 3 N–H and O–H groups in total. The first-order chi connectivity index (χ1) is 7.13. The second kappa shape index (κ2) is 3.68. The number of aromatic nitrogens is 1. The molecule has 0 aliphatic carbocycles. The normalized spacial score (nSPS) is 13.3. The summed E-state index contributed by atoms with van der Waals surface area (Å²) in [6.45, 7) is 2.32. The maximum absolute atomic E-state index is 9.77. The molecule has 0 saturated carbocycles. The van der Waals surface area contributed by atoms with Gasteiger partial charge in [0, 0.05) is 36.3 Å². The molecule has 3 heteroatoms. The predicted octanol–water partition coefficient (Wildman–Crippen LogP) is 1.48. The molecule has 1 atom stereocenters. The van der Waals surface area contributed by atoms with Gasteiger partial charge in [-0.15, -0.1) is 0 Å². The molecule has 1 heterocycles. The van der Waals surface area contributed by atoms with Crippen LogP contribution < -0.4 is 5.73 Å². The third-order valence-electron chi connectivity index (χ3n) is 2.76. The van der Waals surface area contributed by atoms with Crippen molar-refractivity contribution in [3.05, 3.63) is 35.5 Å². The number of aryl methyl sites for hydroxylation is 2. The molecule has 0 radical (unpaired) electrons. The summed E-state index contributed by atoms with van der Waals surface area (Å²) in [5.41, 5.74) is 8.74. The van der Waals surface area contributed by atoms with Gasteiger partial charge in [-0.2, -0.15) is 0 Å². The summed E-state index contributed by atoms with van der Waals surface area (Å²) in [4.78, 5) is 0. The first kappa shape index (κ1) is 10.2. The number of rotatable bonds is 2. The van der Waals surface area contributed by atoms with E-state index in [2.05, 4.69) is 19.1 Å². The molecule has 0 aliphatic rings. The Bertz CT molecular complexity index is 488. The third-order valence-corrected chi connectivity index (χ3v) is 2.76. The van der Waals surface area contributed by atoms with Crippen LogP contribution in [-0.4, -0.2) is 16.2 Å². The number of aliphatic hydroxyl groups is 1. The van der Waals surface area contributed by atoms with Crippen molar-refractivity contribution in [2.75, 3.05) is 6.54 Å². The molecule has 2 aromatic rings. The highest BCUT2D eigenvalue weighted by molar-refractivity contribution is 5.85. The average molecular weight is 204 g/mol. The average Bonchev–Trinajstić information content (AvgIpc) is 2.55. The fourth-order valence-corrected chi connectivity index (χ4v) is 1.92. The van der Waals surface area contributed by atoms with Gasteiger partial charge in [-0.1, -0.05) is 12.1 Å². The third kappa shape index (κ3) is 1.64. The van der Waals surface area contributed by atoms with Crippen LogP contribution in [0.3, 0.4) is 0 Å². The molecule has 1 unspecified atom stereocenters. The van der Waals surface area contributed by atoms with E-state index in [1.807, 2.05) is 23.9 Å². The van der Waals surface area contributed by atoms with E-state index in [1.54, 1.807) is 0 Å². The van der Waals surface area contributed by atoms with Gasteiger partial charge in [0.2, 0.25) is 0 Å². The Hall–Kier alpha value is -1.32. The van der Waals surface area contributed by atoms with Crippen LogP contribution in [0.5, 0.6) is 0 Å². The molecule has 3 nitrogen and oxygen atoms in total. The molecular weight excluding hydrogens is 188 g/mol. The van der Waals surface area contributed by atoms with E-state index >= 15 is 0 Å². The second-order valence-corrected chi connectivity index (χ2v) is 3.97. The lowest BCUT2D eigenvalue weighted by molar-refractivity contribution is 0.188. The SMILES string of the molecule is Cc1ccc2c(C(O)CN)cn(C)c2c1. The Labute approximate surface area is 89.1 Å². The molecule has 0 fully saturated rings. The summed E-state index contributed by atoms with van der Waals surface area (Å²) in [5.74, 6) is 0. The van der Waals surface area contributed by atoms with Crippen LogP contribution in [-0.2, 0) is 7.05 Å². The lowest BCUT2D eigenvalue weighted by Crippen LogP contribution is -2.10. The lowest BCUT2D eigenvalue weighted by atomic mass is 10.1. The van der Waals surface area contributed by atoms with Crippen LogP contribution >= 0.6 is 0 Å². The molecule has 0 amide bonds. The monoisotopic (exact) mass is 204 g/mol. The maximum Gasteiger partial charge on any atom is 0.0932 e. The van der Waals surface area contributed by atoms with Crippen LogP contribution in [0.15, 0.2) is 24.4 Å². The highest BCUT2D eigenvalue weighted by atomic mass is 16.3. The van der Waals surface area contributed by atoms with Crippen molar-refractivity contribution in [2.24, 2.45) is 12.8 Å². The Kier molecular flexibility index (Phi) is 2.50. The number of nitrogens with two attached hydrogens (primary N) is 1. The molecule has 0 spiro atoms. The summed E-state index contributed by atoms with van der Waals surface area (Å²) >= 11 is 0. The van der Waals surface area contributed by atoms with E-state index in [0.29, 0.717) is 0 Å². The van der Waals surface area contributed by atoms with Crippen molar-refractivity contribution in [2.45, 2.75) is 13.0 Å². The molecule has 1 aromatic heterocycles. The second-order valence-electron chi connectivity index (χ2n) is 3.97. The molecule has 1 aromatic carbocycles. The molecule has 0 aliphatic heterocycles. The first-order valence-corrected chi connectivity index (χ1v) is 5.07. The molecule has 80 valence electrons. The quantitative estimate of drug-likeness (QED) is 0.778. The van der Waals surface area contributed by atoms with Crippen molar-refractivity contribution < 1.29 is 5.11 Å². The summed E-state index contributed by atoms with van der Waals surface area (Å²) < 4.78 is 2.02. The van der Waals surface area contributed by atoms with Gasteiger partial charge in [0.05, 0.1) is 6.10 Å². The van der Waals surface area contributed by atoms with Gasteiger partial charge in [-0.05, 0) is 18.6 Å². The smallest absolute Gasteiger partial charge is 0.0932 e. The van der Waals surface area contributed by atoms with Crippen molar-refractivity contribution in [1.29, 1.82) is 0 Å². The molecular formula is C12H16N2O. The van der Waals surface area contributed by atoms with Crippen molar-refractivity contribution >= 4 is 10.9 Å². The van der Waals surface area contributed by atoms with Gasteiger partial charge in [0.25, 0.3) is 0 Å². The minimum atomic E-state index is -0.573. The Morgan fingerprint density at radius 2 is 2.20 bits per heavy atom. The number of hydrogen-bond donors (Lipinski definition) is 2. The largest absolute Gasteiger partial charge is 0.387 e. The summed E-state index contributed by atoms with van der Waals surface area (Å²) in [6.07, 6.45) is 1.37. The van der Waals surface area contributed by atoms with Crippen LogP contribution in [0.25, 0.3) is 10.9 Å². The van der Waals surface area contributed by atoms with Gasteiger partial charge in [-0.25, -0.2) is 0 Å². The minimum Gasteiger partial charge on any atom is -0.387 e. The van der Waals surface area contributed by atoms with Gasteiger partial charge >= 0.3 is 0 Å². The summed E-state index contributed by atoms with van der Waals surface area (Å²) in [6, 6.07) is 6.20. The predicted molar refractivity (Wildman–Crippen MR) is 61.7 cm³/mol. The number of benzene rings is 1. The lowest BCUT2D eigenvalue weighted by Gasteiger charge is -2.05. The van der Waals surface area contributed by atoms with E-state index in [4.69, 9.17) is 5.73 Å². The zero-order valence-electron chi connectivity index (χ0n) is 9.07. The fraction of sp³-hybridized carbons (Fsp3) is 0.333. The van der Waals surface area contributed by atoms with Gasteiger partial charge in [-0.3, -0.25) is 0 Å². The van der Waals surface area contributed by atoms with Crippen LogP contribution in [0, 0.1) is 6.92 Å². The van der Waals surface area contributed by atoms with E-state index < -0.39 is 6.10 Å². The number of fused-ring (bicyclic) bond motifs is 1. The van der Waals surface area contributed by atoms with Gasteiger partial charge in [0.15, 0.2) is 0 Å². The van der Waals surface area contributed by atoms with Crippen molar-refractivity contribution in [3.63, 3.8) is 0 Å². The molecule has 2 rings (SSSR count). The van der Waals surface area contributed by atoms with Crippen molar-refractivity contribution in [3.8, 4) is 0 Å². The van der Waals surface area contributed by atoms with Crippen LogP contribution in [0.4, 0.5) is 0 Å². The molecule has 15 heavy (non-hydrogen) atoms. The zero-order chi connectivity index (χ0) is 11.0. The van der Waals surface area contributed by atoms with E-state index in [1.165, 1.54) is 5.56 Å². The molecule has 0 saturated heterocycles. The topological polar surface area (TPSA) is 51.2 Å². The fourth-order valence-electron chi connectivity index (χ4n) is 1.92. The number of aliphatic hydroxyl groups excluding tert-OH is 1.